The van der Waals surface area contributed by atoms with Gasteiger partial charge in [0.05, 0.1) is 25.6 Å². The second-order valence-electron chi connectivity index (χ2n) is 6.00. The highest BCUT2D eigenvalue weighted by molar-refractivity contribution is 6.03. The maximum Gasteiger partial charge on any atom is 0.359 e. The number of aliphatic hydroxyl groups excluding tert-OH is 1. The summed E-state index contributed by atoms with van der Waals surface area (Å²) in [6.07, 6.45) is 0. The predicted octanol–water partition coefficient (Wildman–Crippen LogP) is 1.19. The molecule has 3 aromatic rings. The number of fused-ring (bicyclic) bond motifs is 1. The molecule has 0 aliphatic carbocycles. The summed E-state index contributed by atoms with van der Waals surface area (Å²) >= 11 is 0. The van der Waals surface area contributed by atoms with Crippen LogP contribution < -0.4 is 15.6 Å². The van der Waals surface area contributed by atoms with Crippen molar-refractivity contribution in [2.24, 2.45) is 0 Å². The Labute approximate surface area is 165 Å². The maximum atomic E-state index is 12.5. The van der Waals surface area contributed by atoms with E-state index in [9.17, 15) is 14.4 Å². The standard InChI is InChI=1S/C20H19N3O6/c1-28-14-6-4-5-13(11-14)21-17(25)12-29-20(27)18-15-7-2-3-8-16(15)19(26)23(22-18)9-10-24/h2-8,11,24H,9-10,12H2,1H3,(H,21,25). The van der Waals surface area contributed by atoms with Gasteiger partial charge in [-0.05, 0) is 18.2 Å². The van der Waals surface area contributed by atoms with Gasteiger partial charge in [0.15, 0.2) is 12.3 Å². The van der Waals surface area contributed by atoms with Crippen molar-refractivity contribution in [1.82, 2.24) is 9.78 Å². The summed E-state index contributed by atoms with van der Waals surface area (Å²) in [4.78, 5) is 37.0. The molecule has 0 saturated heterocycles. The molecule has 0 radical (unpaired) electrons. The number of carbonyl (C=O) groups is 2. The van der Waals surface area contributed by atoms with Crippen LogP contribution in [0.25, 0.3) is 10.8 Å². The van der Waals surface area contributed by atoms with E-state index in [1.54, 1.807) is 48.5 Å². The van der Waals surface area contributed by atoms with E-state index in [0.29, 0.717) is 16.8 Å². The van der Waals surface area contributed by atoms with Crippen LogP contribution in [0.3, 0.4) is 0 Å². The number of amides is 1. The molecule has 0 aliphatic rings. The van der Waals surface area contributed by atoms with Crippen LogP contribution in [0.15, 0.2) is 53.3 Å². The maximum absolute atomic E-state index is 12.5. The number of carbonyl (C=O) groups excluding carboxylic acids is 2. The third-order valence-electron chi connectivity index (χ3n) is 4.06. The van der Waals surface area contributed by atoms with E-state index >= 15 is 0 Å². The van der Waals surface area contributed by atoms with E-state index in [-0.39, 0.29) is 24.2 Å². The highest BCUT2D eigenvalue weighted by Gasteiger charge is 2.19. The summed E-state index contributed by atoms with van der Waals surface area (Å²) in [5.74, 6) is -0.824. The van der Waals surface area contributed by atoms with Gasteiger partial charge in [0.2, 0.25) is 0 Å². The van der Waals surface area contributed by atoms with E-state index in [4.69, 9.17) is 14.6 Å². The summed E-state index contributed by atoms with van der Waals surface area (Å²) in [5.41, 5.74) is -0.0460. The number of nitrogens with one attached hydrogen (secondary N) is 1. The van der Waals surface area contributed by atoms with Crippen LogP contribution in [0, 0.1) is 0 Å². The molecule has 150 valence electrons. The number of ether oxygens (including phenoxy) is 2. The molecule has 1 aromatic heterocycles. The number of hydrogen-bond donors (Lipinski definition) is 2. The third kappa shape index (κ3) is 4.58. The van der Waals surface area contributed by atoms with Crippen LogP contribution in [0.2, 0.25) is 0 Å². The monoisotopic (exact) mass is 397 g/mol. The van der Waals surface area contributed by atoms with Gasteiger partial charge in [-0.2, -0.15) is 5.10 Å². The lowest BCUT2D eigenvalue weighted by molar-refractivity contribution is -0.119. The smallest absolute Gasteiger partial charge is 0.359 e. The second-order valence-corrected chi connectivity index (χ2v) is 6.00. The van der Waals surface area contributed by atoms with E-state index in [1.165, 1.54) is 7.11 Å². The molecular weight excluding hydrogens is 378 g/mol. The van der Waals surface area contributed by atoms with Crippen LogP contribution >= 0.6 is 0 Å². The zero-order chi connectivity index (χ0) is 20.8. The predicted molar refractivity (Wildman–Crippen MR) is 105 cm³/mol. The minimum Gasteiger partial charge on any atom is -0.497 e. The quantitative estimate of drug-likeness (QED) is 0.575. The van der Waals surface area contributed by atoms with Crippen molar-refractivity contribution in [3.63, 3.8) is 0 Å². The second kappa shape index (κ2) is 8.98. The fraction of sp³-hybridized carbons (Fsp3) is 0.200. The Morgan fingerprint density at radius 2 is 1.90 bits per heavy atom. The molecule has 0 unspecified atom stereocenters. The summed E-state index contributed by atoms with van der Waals surface area (Å²) in [6, 6.07) is 13.2. The minimum absolute atomic E-state index is 0.0692. The number of methoxy groups -OCH3 is 1. The summed E-state index contributed by atoms with van der Waals surface area (Å²) < 4.78 is 11.2. The van der Waals surface area contributed by atoms with Crippen molar-refractivity contribution in [3.8, 4) is 5.75 Å². The van der Waals surface area contributed by atoms with Gasteiger partial charge in [0.1, 0.15) is 5.75 Å². The Hall–Kier alpha value is -3.72. The van der Waals surface area contributed by atoms with E-state index in [0.717, 1.165) is 4.68 Å². The van der Waals surface area contributed by atoms with Gasteiger partial charge in [0.25, 0.3) is 11.5 Å². The highest BCUT2D eigenvalue weighted by atomic mass is 16.5. The molecule has 9 heteroatoms. The van der Waals surface area contributed by atoms with Crippen LogP contribution in [0.5, 0.6) is 5.75 Å². The zero-order valence-corrected chi connectivity index (χ0v) is 15.6. The summed E-state index contributed by atoms with van der Waals surface area (Å²) in [6.45, 7) is -0.922. The van der Waals surface area contributed by atoms with Gasteiger partial charge >= 0.3 is 5.97 Å². The molecule has 1 heterocycles. The lowest BCUT2D eigenvalue weighted by Gasteiger charge is -2.10. The first kappa shape index (κ1) is 20.0. The molecule has 0 atom stereocenters. The Balaban J connectivity index is 1.76. The first-order valence-corrected chi connectivity index (χ1v) is 8.75. The fourth-order valence-corrected chi connectivity index (χ4v) is 2.73. The number of aliphatic hydroxyl groups is 1. The molecule has 0 saturated carbocycles. The molecule has 2 N–H and O–H groups in total. The van der Waals surface area contributed by atoms with Crippen LogP contribution in [-0.2, 0) is 16.1 Å². The number of hydrogen-bond acceptors (Lipinski definition) is 7. The van der Waals surface area contributed by atoms with Crippen molar-refractivity contribution in [2.45, 2.75) is 6.54 Å². The first-order chi connectivity index (χ1) is 14.0. The Morgan fingerprint density at radius 1 is 1.14 bits per heavy atom. The molecule has 2 aromatic carbocycles. The molecule has 1 amide bonds. The van der Waals surface area contributed by atoms with Gasteiger partial charge in [-0.3, -0.25) is 9.59 Å². The van der Waals surface area contributed by atoms with Gasteiger partial charge in [-0.15, -0.1) is 0 Å². The van der Waals surface area contributed by atoms with Crippen LogP contribution in [0.4, 0.5) is 5.69 Å². The lowest BCUT2D eigenvalue weighted by atomic mass is 10.1. The number of benzene rings is 2. The van der Waals surface area contributed by atoms with Gasteiger partial charge < -0.3 is 19.9 Å². The van der Waals surface area contributed by atoms with Gasteiger partial charge in [-0.25, -0.2) is 9.48 Å². The molecule has 0 aliphatic heterocycles. The normalized spacial score (nSPS) is 10.6. The Morgan fingerprint density at radius 3 is 2.62 bits per heavy atom. The van der Waals surface area contributed by atoms with E-state index < -0.39 is 24.0 Å². The van der Waals surface area contributed by atoms with E-state index in [1.807, 2.05) is 0 Å². The molecule has 29 heavy (non-hydrogen) atoms. The molecule has 3 rings (SSSR count). The average molecular weight is 397 g/mol. The Kier molecular flexibility index (Phi) is 6.20. The molecule has 9 nitrogen and oxygen atoms in total. The van der Waals surface area contributed by atoms with Crippen LogP contribution in [-0.4, -0.2) is 47.1 Å². The number of esters is 1. The lowest BCUT2D eigenvalue weighted by Crippen LogP contribution is -2.28. The average Bonchev–Trinajstić information content (AvgIpc) is 2.74. The molecule has 0 spiro atoms. The SMILES string of the molecule is COc1cccc(NC(=O)COC(=O)c2nn(CCO)c(=O)c3ccccc23)c1. The molecule has 0 bridgehead atoms. The molecular formula is C20H19N3O6. The van der Waals surface area contributed by atoms with Crippen molar-refractivity contribution in [2.75, 3.05) is 25.6 Å². The zero-order valence-electron chi connectivity index (χ0n) is 15.6. The van der Waals surface area contributed by atoms with Crippen molar-refractivity contribution in [3.05, 3.63) is 64.6 Å². The van der Waals surface area contributed by atoms with Crippen molar-refractivity contribution < 1.29 is 24.2 Å². The van der Waals surface area contributed by atoms with E-state index in [2.05, 4.69) is 10.4 Å². The summed E-state index contributed by atoms with van der Waals surface area (Å²) in [5, 5.41) is 16.3. The minimum atomic E-state index is -0.853. The molecule has 0 fully saturated rings. The van der Waals surface area contributed by atoms with Crippen LogP contribution in [0.1, 0.15) is 10.5 Å². The largest absolute Gasteiger partial charge is 0.497 e. The van der Waals surface area contributed by atoms with Crippen molar-refractivity contribution in [1.29, 1.82) is 0 Å². The number of aromatic nitrogens is 2. The number of anilines is 1. The number of nitrogens with zero attached hydrogens (tertiary/aromatic N) is 2. The highest BCUT2D eigenvalue weighted by Crippen LogP contribution is 2.17. The fourth-order valence-electron chi connectivity index (χ4n) is 2.73. The van der Waals surface area contributed by atoms with Gasteiger partial charge in [0, 0.05) is 17.1 Å². The topological polar surface area (TPSA) is 120 Å². The first-order valence-electron chi connectivity index (χ1n) is 8.75. The van der Waals surface area contributed by atoms with Gasteiger partial charge in [-0.1, -0.05) is 24.3 Å². The van der Waals surface area contributed by atoms with Crippen molar-refractivity contribution >= 4 is 28.3 Å². The Bertz CT molecular complexity index is 1110. The number of rotatable bonds is 7. The third-order valence-corrected chi connectivity index (χ3v) is 4.06. The summed E-state index contributed by atoms with van der Waals surface area (Å²) in [7, 11) is 1.51.